The number of nitrogens with zero attached hydrogens (tertiary/aromatic N) is 2. The number of hydrogen-bond acceptors (Lipinski definition) is 7. The van der Waals surface area contributed by atoms with Crippen molar-refractivity contribution < 1.29 is 21.6 Å². The fourth-order valence-electron chi connectivity index (χ4n) is 4.88. The molecule has 2 N–H and O–H groups in total. The van der Waals surface area contributed by atoms with Crippen molar-refractivity contribution in [3.8, 4) is 0 Å². The van der Waals surface area contributed by atoms with Crippen molar-refractivity contribution in [2.75, 3.05) is 26.2 Å². The quantitative estimate of drug-likeness (QED) is 0.329. The molecule has 2 unspecified atom stereocenters. The smallest absolute Gasteiger partial charge is 0.257 e. The summed E-state index contributed by atoms with van der Waals surface area (Å²) in [4.78, 5) is 15.9. The second-order valence-electron chi connectivity index (χ2n) is 9.79. The van der Waals surface area contributed by atoms with E-state index in [-0.39, 0.29) is 35.3 Å². The van der Waals surface area contributed by atoms with E-state index in [1.54, 1.807) is 42.6 Å². The van der Waals surface area contributed by atoms with Crippen LogP contribution in [-0.2, 0) is 24.7 Å². The summed E-state index contributed by atoms with van der Waals surface area (Å²) in [7, 11) is -8.54. The monoisotopic (exact) mass is 578 g/mol. The minimum Gasteiger partial charge on any atom is -0.353 e. The molecular formula is C29H30N4O5S2. The normalized spacial score (nSPS) is 19.2. The van der Waals surface area contributed by atoms with Crippen molar-refractivity contribution in [1.82, 2.24) is 19.9 Å². The maximum absolute atomic E-state index is 14.4. The summed E-state index contributed by atoms with van der Waals surface area (Å²) in [5.41, 5.74) is 1.58. The summed E-state index contributed by atoms with van der Waals surface area (Å²) in [6.45, 7) is 1.46. The number of hydrogen-bond donors (Lipinski definition) is 2. The Hall–Kier alpha value is -3.64. The van der Waals surface area contributed by atoms with Crippen LogP contribution in [0, 0.1) is 0 Å². The molecule has 208 valence electrons. The first-order valence-electron chi connectivity index (χ1n) is 12.9. The Bertz CT molecular complexity index is 1730. The third-order valence-corrected chi connectivity index (χ3v) is 11.3. The molecule has 2 atom stereocenters. The van der Waals surface area contributed by atoms with E-state index >= 15 is 0 Å². The van der Waals surface area contributed by atoms with E-state index in [1.807, 2.05) is 37.3 Å². The number of aromatic nitrogens is 1. The first-order chi connectivity index (χ1) is 19.1. The Morgan fingerprint density at radius 3 is 2.38 bits per heavy atom. The molecule has 0 bridgehead atoms. The Balaban J connectivity index is 1.55. The lowest BCUT2D eigenvalue weighted by atomic mass is 10.0. The van der Waals surface area contributed by atoms with E-state index in [0.29, 0.717) is 10.9 Å². The highest BCUT2D eigenvalue weighted by Crippen LogP contribution is 2.31. The third-order valence-electron chi connectivity index (χ3n) is 7.20. The van der Waals surface area contributed by atoms with Gasteiger partial charge in [-0.25, -0.2) is 16.8 Å². The zero-order valence-electron chi connectivity index (χ0n) is 21.9. The van der Waals surface area contributed by atoms with E-state index in [0.717, 1.165) is 9.87 Å². The van der Waals surface area contributed by atoms with E-state index < -0.39 is 37.2 Å². The molecule has 11 heteroatoms. The van der Waals surface area contributed by atoms with Crippen molar-refractivity contribution >= 4 is 36.7 Å². The zero-order valence-corrected chi connectivity index (χ0v) is 23.5. The predicted octanol–water partition coefficient (Wildman–Crippen LogP) is 2.92. The van der Waals surface area contributed by atoms with Crippen LogP contribution in [0.1, 0.15) is 18.4 Å². The number of sulfonamides is 1. The van der Waals surface area contributed by atoms with Gasteiger partial charge in [-0.3, -0.25) is 15.1 Å². The number of carbonyl (C=O) groups excluding carboxylic acids is 1. The summed E-state index contributed by atoms with van der Waals surface area (Å²) in [6.07, 6.45) is 1.61. The van der Waals surface area contributed by atoms with Gasteiger partial charge in [0.05, 0.1) is 21.9 Å². The summed E-state index contributed by atoms with van der Waals surface area (Å²) < 4.78 is 56.9. The van der Waals surface area contributed by atoms with Gasteiger partial charge in [-0.05, 0) is 47.9 Å². The zero-order chi connectivity index (χ0) is 28.4. The lowest BCUT2D eigenvalue weighted by molar-refractivity contribution is -0.125. The van der Waals surface area contributed by atoms with Crippen LogP contribution in [0.3, 0.4) is 0 Å². The Kier molecular flexibility index (Phi) is 7.74. The molecule has 2 heterocycles. The first kappa shape index (κ1) is 27.9. The first-order valence-corrected chi connectivity index (χ1v) is 15.8. The number of pyridine rings is 1. The van der Waals surface area contributed by atoms with Gasteiger partial charge < -0.3 is 5.32 Å². The molecule has 5 rings (SSSR count). The molecule has 4 aromatic rings. The van der Waals surface area contributed by atoms with Gasteiger partial charge in [0, 0.05) is 31.2 Å². The van der Waals surface area contributed by atoms with Gasteiger partial charge in [0.2, 0.25) is 24.7 Å². The van der Waals surface area contributed by atoms with Gasteiger partial charge in [0.1, 0.15) is 0 Å². The van der Waals surface area contributed by atoms with Crippen LogP contribution in [0.25, 0.3) is 10.9 Å². The van der Waals surface area contributed by atoms with Crippen molar-refractivity contribution in [3.63, 3.8) is 0 Å². The lowest BCUT2D eigenvalue weighted by Gasteiger charge is -2.41. The molecule has 0 aliphatic carbocycles. The number of rotatable bonds is 8. The second-order valence-corrected chi connectivity index (χ2v) is 13.9. The number of piperazine rings is 1. The van der Waals surface area contributed by atoms with Crippen molar-refractivity contribution in [3.05, 3.63) is 103 Å². The van der Waals surface area contributed by atoms with Gasteiger partial charge in [-0.2, -0.15) is 4.31 Å². The highest BCUT2D eigenvalue weighted by molar-refractivity contribution is 7.93. The Morgan fingerprint density at radius 2 is 1.65 bits per heavy atom. The van der Waals surface area contributed by atoms with Crippen LogP contribution >= 0.6 is 0 Å². The topological polar surface area (TPSA) is 126 Å². The predicted molar refractivity (Wildman–Crippen MR) is 153 cm³/mol. The highest BCUT2D eigenvalue weighted by atomic mass is 32.2. The number of carbonyl (C=O) groups is 1. The van der Waals surface area contributed by atoms with Crippen LogP contribution in [0.2, 0.25) is 0 Å². The SMILES string of the molecule is CC(CNC(=O)C1(S(=O)(=O)c2ccc3ncccc3c2)CN(S(=O)(=O)c2ccccc2)CCN1)c1ccccc1. The number of fused-ring (bicyclic) bond motifs is 1. The van der Waals surface area contributed by atoms with E-state index in [4.69, 9.17) is 0 Å². The van der Waals surface area contributed by atoms with Gasteiger partial charge in [0.25, 0.3) is 5.91 Å². The van der Waals surface area contributed by atoms with Crippen molar-refractivity contribution in [2.45, 2.75) is 27.5 Å². The second kappa shape index (κ2) is 11.1. The fraction of sp³-hybridized carbons (Fsp3) is 0.241. The number of nitrogens with one attached hydrogen (secondary N) is 2. The molecule has 0 radical (unpaired) electrons. The van der Waals surface area contributed by atoms with E-state index in [2.05, 4.69) is 15.6 Å². The molecule has 9 nitrogen and oxygen atoms in total. The van der Waals surface area contributed by atoms with Gasteiger partial charge in [-0.1, -0.05) is 61.5 Å². The number of amides is 1. The van der Waals surface area contributed by atoms with Crippen LogP contribution in [0.15, 0.2) is 107 Å². The highest BCUT2D eigenvalue weighted by Gasteiger charge is 2.55. The van der Waals surface area contributed by atoms with Crippen LogP contribution in [0.4, 0.5) is 0 Å². The Morgan fingerprint density at radius 1 is 0.950 bits per heavy atom. The van der Waals surface area contributed by atoms with Crippen LogP contribution in [-0.4, -0.2) is 63.1 Å². The van der Waals surface area contributed by atoms with Crippen molar-refractivity contribution in [1.29, 1.82) is 0 Å². The van der Waals surface area contributed by atoms with Crippen LogP contribution < -0.4 is 10.6 Å². The third kappa shape index (κ3) is 5.13. The minimum absolute atomic E-state index is 0.00381. The molecule has 1 aliphatic heterocycles. The summed E-state index contributed by atoms with van der Waals surface area (Å²) in [5, 5.41) is 6.30. The van der Waals surface area contributed by atoms with Crippen LogP contribution in [0.5, 0.6) is 0 Å². The molecule has 40 heavy (non-hydrogen) atoms. The largest absolute Gasteiger partial charge is 0.353 e. The minimum atomic E-state index is -4.46. The summed E-state index contributed by atoms with van der Waals surface area (Å²) >= 11 is 0. The van der Waals surface area contributed by atoms with Gasteiger partial charge >= 0.3 is 0 Å². The van der Waals surface area contributed by atoms with Crippen molar-refractivity contribution in [2.24, 2.45) is 0 Å². The van der Waals surface area contributed by atoms with E-state index in [9.17, 15) is 21.6 Å². The molecule has 3 aromatic carbocycles. The molecule has 0 spiro atoms. The average Bonchev–Trinajstić information content (AvgIpc) is 3.00. The number of benzene rings is 3. The standard InChI is InChI=1S/C29H30N4O5S2/c1-22(23-9-4-2-5-10-23)20-31-28(34)29(39(35,36)26-14-15-27-24(19-26)11-8-16-30-27)21-33(18-17-32-29)40(37,38)25-12-6-3-7-13-25/h2-16,19,22,32H,17-18,20-21H2,1H3,(H,31,34). The summed E-state index contributed by atoms with van der Waals surface area (Å²) in [6, 6.07) is 25.2. The lowest BCUT2D eigenvalue weighted by Crippen LogP contribution is -2.71. The maximum Gasteiger partial charge on any atom is 0.257 e. The summed E-state index contributed by atoms with van der Waals surface area (Å²) in [5.74, 6) is -0.918. The van der Waals surface area contributed by atoms with E-state index in [1.165, 1.54) is 24.3 Å². The average molecular weight is 579 g/mol. The maximum atomic E-state index is 14.4. The molecule has 1 fully saturated rings. The Labute approximate surface area is 234 Å². The molecule has 1 saturated heterocycles. The van der Waals surface area contributed by atoms with Gasteiger partial charge in [0.15, 0.2) is 0 Å². The fourth-order valence-corrected chi connectivity index (χ4v) is 8.32. The molecule has 0 saturated carbocycles. The molecular weight excluding hydrogens is 548 g/mol. The molecule has 1 aromatic heterocycles. The van der Waals surface area contributed by atoms with Gasteiger partial charge in [-0.15, -0.1) is 0 Å². The molecule has 1 amide bonds. The number of sulfone groups is 1. The molecule has 1 aliphatic rings.